The zero-order valence-corrected chi connectivity index (χ0v) is 13.7. The quantitative estimate of drug-likeness (QED) is 0.789. The van der Waals surface area contributed by atoms with Crippen molar-refractivity contribution in [2.45, 2.75) is 13.1 Å². The van der Waals surface area contributed by atoms with Crippen molar-refractivity contribution in [1.82, 2.24) is 24.4 Å². The summed E-state index contributed by atoms with van der Waals surface area (Å²) in [4.78, 5) is 26.0. The predicted molar refractivity (Wildman–Crippen MR) is 91.0 cm³/mol. The molecule has 3 aromatic heterocycles. The molecule has 1 amide bonds. The SMILES string of the molecule is O=C(c1ccc[nH]1)N1Cc2nccn2C[C@@H](COc2cccnc2)C1. The van der Waals surface area contributed by atoms with E-state index in [1.54, 1.807) is 30.9 Å². The van der Waals surface area contributed by atoms with Crippen LogP contribution in [0.25, 0.3) is 0 Å². The summed E-state index contributed by atoms with van der Waals surface area (Å²) in [5, 5.41) is 0. The number of ether oxygens (including phenoxy) is 1. The molecule has 0 aliphatic carbocycles. The summed E-state index contributed by atoms with van der Waals surface area (Å²) >= 11 is 0. The number of H-pyrrole nitrogens is 1. The Bertz CT molecular complexity index is 828. The van der Waals surface area contributed by atoms with Crippen LogP contribution in [0.2, 0.25) is 0 Å². The van der Waals surface area contributed by atoms with E-state index in [0.29, 0.717) is 25.4 Å². The Hall–Kier alpha value is -3.09. The van der Waals surface area contributed by atoms with Gasteiger partial charge in [0, 0.05) is 43.8 Å². The second-order valence-corrected chi connectivity index (χ2v) is 6.13. The summed E-state index contributed by atoms with van der Waals surface area (Å²) in [6.45, 7) is 2.39. The lowest BCUT2D eigenvalue weighted by Crippen LogP contribution is -2.36. The lowest BCUT2D eigenvalue weighted by Gasteiger charge is -2.23. The summed E-state index contributed by atoms with van der Waals surface area (Å²) in [5.74, 6) is 1.77. The van der Waals surface area contributed by atoms with Crippen LogP contribution in [0.5, 0.6) is 5.75 Å². The molecule has 1 aliphatic rings. The number of carbonyl (C=O) groups is 1. The molecule has 0 saturated heterocycles. The van der Waals surface area contributed by atoms with Crippen LogP contribution < -0.4 is 4.74 Å². The van der Waals surface area contributed by atoms with Gasteiger partial charge >= 0.3 is 0 Å². The highest BCUT2D eigenvalue weighted by atomic mass is 16.5. The van der Waals surface area contributed by atoms with Gasteiger partial charge in [-0.25, -0.2) is 4.98 Å². The molecule has 0 aromatic carbocycles. The summed E-state index contributed by atoms with van der Waals surface area (Å²) in [5.41, 5.74) is 0.590. The van der Waals surface area contributed by atoms with Gasteiger partial charge in [-0.15, -0.1) is 0 Å². The number of nitrogens with zero attached hydrogens (tertiary/aromatic N) is 4. The van der Waals surface area contributed by atoms with Crippen LogP contribution in [0.1, 0.15) is 16.3 Å². The van der Waals surface area contributed by atoms with Gasteiger partial charge in [0.15, 0.2) is 0 Å². The molecule has 0 saturated carbocycles. The van der Waals surface area contributed by atoms with Gasteiger partial charge < -0.3 is 19.2 Å². The maximum Gasteiger partial charge on any atom is 0.270 e. The summed E-state index contributed by atoms with van der Waals surface area (Å²) in [6.07, 6.45) is 8.90. The molecule has 0 radical (unpaired) electrons. The molecule has 1 N–H and O–H groups in total. The lowest BCUT2D eigenvalue weighted by molar-refractivity contribution is 0.0694. The number of hydrogen-bond donors (Lipinski definition) is 1. The number of carbonyl (C=O) groups excluding carboxylic acids is 1. The molecule has 0 fully saturated rings. The minimum atomic E-state index is -0.0205. The van der Waals surface area contributed by atoms with E-state index in [2.05, 4.69) is 19.5 Å². The minimum Gasteiger partial charge on any atom is -0.492 e. The molecule has 0 bridgehead atoms. The Morgan fingerprint density at radius 3 is 3.04 bits per heavy atom. The highest BCUT2D eigenvalue weighted by molar-refractivity contribution is 5.92. The van der Waals surface area contributed by atoms with Gasteiger partial charge in [-0.3, -0.25) is 9.78 Å². The van der Waals surface area contributed by atoms with Crippen LogP contribution in [0, 0.1) is 5.92 Å². The molecule has 4 heterocycles. The zero-order chi connectivity index (χ0) is 17.1. The number of pyridine rings is 1. The average molecular weight is 337 g/mol. The fourth-order valence-corrected chi connectivity index (χ4v) is 3.08. The number of aromatic nitrogens is 4. The molecular formula is C18H19N5O2. The van der Waals surface area contributed by atoms with Crippen molar-refractivity contribution in [3.63, 3.8) is 0 Å². The Morgan fingerprint density at radius 2 is 2.24 bits per heavy atom. The van der Waals surface area contributed by atoms with Gasteiger partial charge in [0.2, 0.25) is 0 Å². The number of fused-ring (bicyclic) bond motifs is 1. The van der Waals surface area contributed by atoms with Crippen LogP contribution in [-0.4, -0.2) is 43.5 Å². The molecule has 7 nitrogen and oxygen atoms in total. The summed E-state index contributed by atoms with van der Waals surface area (Å²) in [7, 11) is 0. The second-order valence-electron chi connectivity index (χ2n) is 6.13. The van der Waals surface area contributed by atoms with Crippen LogP contribution in [0.4, 0.5) is 0 Å². The molecule has 128 valence electrons. The molecule has 3 aromatic rings. The van der Waals surface area contributed by atoms with E-state index in [1.807, 2.05) is 29.3 Å². The second kappa shape index (κ2) is 6.80. The van der Waals surface area contributed by atoms with Crippen molar-refractivity contribution in [2.24, 2.45) is 5.92 Å². The number of aromatic amines is 1. The predicted octanol–water partition coefficient (Wildman–Crippen LogP) is 1.96. The van der Waals surface area contributed by atoms with E-state index in [4.69, 9.17) is 4.74 Å². The maximum absolute atomic E-state index is 12.8. The minimum absolute atomic E-state index is 0.0205. The third-order valence-electron chi connectivity index (χ3n) is 4.30. The average Bonchev–Trinajstić information content (AvgIpc) is 3.29. The van der Waals surface area contributed by atoms with E-state index in [9.17, 15) is 4.79 Å². The van der Waals surface area contributed by atoms with Crippen LogP contribution in [0.15, 0.2) is 55.2 Å². The van der Waals surface area contributed by atoms with Crippen molar-refractivity contribution in [3.8, 4) is 5.75 Å². The first-order chi connectivity index (χ1) is 12.3. The number of nitrogens with one attached hydrogen (secondary N) is 1. The number of imidazole rings is 1. The van der Waals surface area contributed by atoms with E-state index >= 15 is 0 Å². The highest BCUT2D eigenvalue weighted by Crippen LogP contribution is 2.19. The van der Waals surface area contributed by atoms with Crippen molar-refractivity contribution < 1.29 is 9.53 Å². The van der Waals surface area contributed by atoms with Gasteiger partial charge in [-0.1, -0.05) is 0 Å². The largest absolute Gasteiger partial charge is 0.492 e. The number of rotatable bonds is 4. The topological polar surface area (TPSA) is 76.0 Å². The molecule has 0 unspecified atom stereocenters. The van der Waals surface area contributed by atoms with E-state index in [1.165, 1.54) is 0 Å². The Labute approximate surface area is 145 Å². The van der Waals surface area contributed by atoms with Crippen molar-refractivity contribution >= 4 is 5.91 Å². The summed E-state index contributed by atoms with van der Waals surface area (Å²) in [6, 6.07) is 7.35. The zero-order valence-electron chi connectivity index (χ0n) is 13.7. The van der Waals surface area contributed by atoms with Crippen LogP contribution in [0.3, 0.4) is 0 Å². The van der Waals surface area contributed by atoms with Gasteiger partial charge in [0.05, 0.1) is 19.3 Å². The van der Waals surface area contributed by atoms with E-state index < -0.39 is 0 Å². The first-order valence-electron chi connectivity index (χ1n) is 8.25. The van der Waals surface area contributed by atoms with Gasteiger partial charge in [-0.05, 0) is 24.3 Å². The smallest absolute Gasteiger partial charge is 0.270 e. The standard InChI is InChI=1S/C18H19N5O2/c24-18(16-4-2-6-20-16)23-11-14(10-22-8-7-21-17(22)12-23)13-25-15-3-1-5-19-9-15/h1-9,14,20H,10-13H2/t14-/m1/s1. The Balaban J connectivity index is 1.52. The van der Waals surface area contributed by atoms with Crippen molar-refractivity contribution in [3.05, 3.63) is 66.8 Å². The van der Waals surface area contributed by atoms with Gasteiger partial charge in [-0.2, -0.15) is 0 Å². The maximum atomic E-state index is 12.8. The molecule has 0 spiro atoms. The Kier molecular flexibility index (Phi) is 4.20. The Morgan fingerprint density at radius 1 is 1.28 bits per heavy atom. The molecule has 25 heavy (non-hydrogen) atoms. The first-order valence-corrected chi connectivity index (χ1v) is 8.25. The van der Waals surface area contributed by atoms with Crippen LogP contribution >= 0.6 is 0 Å². The first kappa shape index (κ1) is 15.4. The molecule has 4 rings (SSSR count). The van der Waals surface area contributed by atoms with Crippen molar-refractivity contribution in [1.29, 1.82) is 0 Å². The third-order valence-corrected chi connectivity index (χ3v) is 4.30. The fourth-order valence-electron chi connectivity index (χ4n) is 3.08. The van der Waals surface area contributed by atoms with Gasteiger partial charge in [0.25, 0.3) is 5.91 Å². The molecular weight excluding hydrogens is 318 g/mol. The van der Waals surface area contributed by atoms with E-state index in [-0.39, 0.29) is 11.8 Å². The monoisotopic (exact) mass is 337 g/mol. The number of amides is 1. The lowest BCUT2D eigenvalue weighted by atomic mass is 10.1. The normalized spacial score (nSPS) is 17.0. The molecule has 1 atom stereocenters. The fraction of sp³-hybridized carbons (Fsp3) is 0.278. The number of hydrogen-bond acceptors (Lipinski definition) is 4. The highest BCUT2D eigenvalue weighted by Gasteiger charge is 2.27. The van der Waals surface area contributed by atoms with Gasteiger partial charge in [0.1, 0.15) is 17.3 Å². The van der Waals surface area contributed by atoms with Crippen LogP contribution in [-0.2, 0) is 13.1 Å². The van der Waals surface area contributed by atoms with E-state index in [0.717, 1.165) is 18.1 Å². The summed E-state index contributed by atoms with van der Waals surface area (Å²) < 4.78 is 7.97. The molecule has 7 heteroatoms. The molecule has 1 aliphatic heterocycles. The van der Waals surface area contributed by atoms with Crippen molar-refractivity contribution in [2.75, 3.05) is 13.2 Å². The third kappa shape index (κ3) is 3.40.